The molecule has 2 aromatic carbocycles. The van der Waals surface area contributed by atoms with Crippen molar-refractivity contribution in [2.45, 2.75) is 38.8 Å². The molecule has 0 unspecified atom stereocenters. The van der Waals surface area contributed by atoms with Gasteiger partial charge in [-0.2, -0.15) is 0 Å². The largest absolute Gasteiger partial charge is 0.487 e. The standard InChI is InChI=1S/C20H24N2O2/c1-20(2)12-17-11-15(6-7-18(17)24-20)13-22-9-8-14-4-3-5-16(10-14)19(21)23/h3-7,10-11,22H,8-9,12-13H2,1-2H3,(H2,21,23). The molecule has 4 nitrogen and oxygen atoms in total. The molecule has 1 amide bonds. The number of hydrogen-bond donors (Lipinski definition) is 2. The van der Waals surface area contributed by atoms with E-state index in [-0.39, 0.29) is 11.5 Å². The van der Waals surface area contributed by atoms with E-state index in [1.54, 1.807) is 6.07 Å². The molecular formula is C20H24N2O2. The number of benzene rings is 2. The first-order chi connectivity index (χ1) is 11.4. The van der Waals surface area contributed by atoms with Crippen LogP contribution in [0.4, 0.5) is 0 Å². The minimum absolute atomic E-state index is 0.0974. The maximum absolute atomic E-state index is 11.2. The summed E-state index contributed by atoms with van der Waals surface area (Å²) in [6, 6.07) is 13.9. The van der Waals surface area contributed by atoms with Crippen LogP contribution in [0.1, 0.15) is 40.9 Å². The van der Waals surface area contributed by atoms with Crippen LogP contribution in [0, 0.1) is 0 Å². The second-order valence-electron chi connectivity index (χ2n) is 6.97. The van der Waals surface area contributed by atoms with Gasteiger partial charge >= 0.3 is 0 Å². The molecule has 2 aromatic rings. The van der Waals surface area contributed by atoms with Gasteiger partial charge in [-0.1, -0.05) is 24.3 Å². The van der Waals surface area contributed by atoms with E-state index in [2.05, 4.69) is 37.4 Å². The van der Waals surface area contributed by atoms with Crippen molar-refractivity contribution in [2.24, 2.45) is 5.73 Å². The molecule has 3 N–H and O–H groups in total. The lowest BCUT2D eigenvalue weighted by Crippen LogP contribution is -2.24. The summed E-state index contributed by atoms with van der Waals surface area (Å²) in [6.07, 6.45) is 1.82. The molecule has 0 atom stereocenters. The number of ether oxygens (including phenoxy) is 1. The lowest BCUT2D eigenvalue weighted by molar-refractivity contribution is 0.1000. The third-order valence-corrected chi connectivity index (χ3v) is 4.26. The summed E-state index contributed by atoms with van der Waals surface area (Å²) >= 11 is 0. The van der Waals surface area contributed by atoms with E-state index in [1.807, 2.05) is 18.2 Å². The third-order valence-electron chi connectivity index (χ3n) is 4.26. The van der Waals surface area contributed by atoms with Gasteiger partial charge in [0.05, 0.1) is 0 Å². The van der Waals surface area contributed by atoms with Crippen molar-refractivity contribution in [3.05, 3.63) is 64.7 Å². The summed E-state index contributed by atoms with van der Waals surface area (Å²) in [6.45, 7) is 5.90. The monoisotopic (exact) mass is 324 g/mol. The SMILES string of the molecule is CC1(C)Cc2cc(CNCCc3cccc(C(N)=O)c3)ccc2O1. The lowest BCUT2D eigenvalue weighted by Gasteiger charge is -2.16. The fraction of sp³-hybridized carbons (Fsp3) is 0.350. The van der Waals surface area contributed by atoms with Crippen LogP contribution in [0.2, 0.25) is 0 Å². The molecule has 24 heavy (non-hydrogen) atoms. The van der Waals surface area contributed by atoms with Crippen LogP contribution in [-0.4, -0.2) is 18.1 Å². The number of carbonyl (C=O) groups excluding carboxylic acids is 1. The predicted molar refractivity (Wildman–Crippen MR) is 95.2 cm³/mol. The molecule has 1 aliphatic heterocycles. The van der Waals surface area contributed by atoms with Crippen LogP contribution in [-0.2, 0) is 19.4 Å². The summed E-state index contributed by atoms with van der Waals surface area (Å²) in [5.74, 6) is 0.625. The zero-order valence-electron chi connectivity index (χ0n) is 14.3. The number of amides is 1. The summed E-state index contributed by atoms with van der Waals surface area (Å²) in [4.78, 5) is 11.2. The average Bonchev–Trinajstić information content (AvgIpc) is 2.85. The van der Waals surface area contributed by atoms with Crippen LogP contribution in [0.5, 0.6) is 5.75 Å². The van der Waals surface area contributed by atoms with Crippen molar-refractivity contribution in [3.8, 4) is 5.75 Å². The highest BCUT2D eigenvalue weighted by Gasteiger charge is 2.29. The van der Waals surface area contributed by atoms with Gasteiger partial charge in [0, 0.05) is 18.5 Å². The lowest BCUT2D eigenvalue weighted by atomic mass is 10.0. The van der Waals surface area contributed by atoms with Gasteiger partial charge in [0.25, 0.3) is 0 Å². The quantitative estimate of drug-likeness (QED) is 0.803. The van der Waals surface area contributed by atoms with E-state index >= 15 is 0 Å². The van der Waals surface area contributed by atoms with Gasteiger partial charge in [0.2, 0.25) is 5.91 Å². The van der Waals surface area contributed by atoms with Crippen molar-refractivity contribution < 1.29 is 9.53 Å². The van der Waals surface area contributed by atoms with Gasteiger partial charge < -0.3 is 15.8 Å². The Bertz CT molecular complexity index is 753. The smallest absolute Gasteiger partial charge is 0.248 e. The molecule has 3 rings (SSSR count). The molecule has 0 fully saturated rings. The Hall–Kier alpha value is -2.33. The normalized spacial score (nSPS) is 14.9. The highest BCUT2D eigenvalue weighted by Crippen LogP contribution is 2.35. The molecule has 0 aliphatic carbocycles. The van der Waals surface area contributed by atoms with Crippen molar-refractivity contribution in [1.82, 2.24) is 5.32 Å². The number of nitrogens with two attached hydrogens (primary N) is 1. The topological polar surface area (TPSA) is 64.3 Å². The Morgan fingerprint density at radius 1 is 1.21 bits per heavy atom. The number of carbonyl (C=O) groups is 1. The fourth-order valence-electron chi connectivity index (χ4n) is 3.12. The van der Waals surface area contributed by atoms with E-state index in [4.69, 9.17) is 10.5 Å². The van der Waals surface area contributed by atoms with Gasteiger partial charge in [0.1, 0.15) is 11.4 Å². The minimum Gasteiger partial charge on any atom is -0.487 e. The number of rotatable bonds is 6. The number of hydrogen-bond acceptors (Lipinski definition) is 3. The van der Waals surface area contributed by atoms with Gasteiger partial charge in [-0.25, -0.2) is 0 Å². The molecule has 1 aliphatic rings. The molecule has 0 aromatic heterocycles. The van der Waals surface area contributed by atoms with Gasteiger partial charge in [-0.15, -0.1) is 0 Å². The highest BCUT2D eigenvalue weighted by molar-refractivity contribution is 5.92. The minimum atomic E-state index is -0.381. The number of nitrogens with one attached hydrogen (secondary N) is 1. The van der Waals surface area contributed by atoms with E-state index in [0.717, 1.165) is 37.2 Å². The third kappa shape index (κ3) is 3.95. The molecule has 0 radical (unpaired) electrons. The van der Waals surface area contributed by atoms with Gasteiger partial charge in [-0.3, -0.25) is 4.79 Å². The van der Waals surface area contributed by atoms with Crippen LogP contribution < -0.4 is 15.8 Å². The Morgan fingerprint density at radius 2 is 2.04 bits per heavy atom. The first-order valence-corrected chi connectivity index (χ1v) is 8.33. The number of fused-ring (bicyclic) bond motifs is 1. The molecule has 4 heteroatoms. The zero-order chi connectivity index (χ0) is 17.2. The van der Waals surface area contributed by atoms with E-state index < -0.39 is 0 Å². The second-order valence-corrected chi connectivity index (χ2v) is 6.97. The predicted octanol–water partition coefficient (Wildman–Crippen LogP) is 2.83. The first-order valence-electron chi connectivity index (χ1n) is 8.33. The van der Waals surface area contributed by atoms with Crippen LogP contribution >= 0.6 is 0 Å². The Labute approximate surface area is 143 Å². The van der Waals surface area contributed by atoms with Crippen LogP contribution in [0.15, 0.2) is 42.5 Å². The number of primary amides is 1. The van der Waals surface area contributed by atoms with Crippen LogP contribution in [0.25, 0.3) is 0 Å². The van der Waals surface area contributed by atoms with Crippen LogP contribution in [0.3, 0.4) is 0 Å². The van der Waals surface area contributed by atoms with Gasteiger partial charge in [-0.05, 0) is 61.7 Å². The Balaban J connectivity index is 1.51. The molecular weight excluding hydrogens is 300 g/mol. The molecule has 0 bridgehead atoms. The van der Waals surface area contributed by atoms with E-state index in [0.29, 0.717) is 5.56 Å². The van der Waals surface area contributed by atoms with Gasteiger partial charge in [0.15, 0.2) is 0 Å². The average molecular weight is 324 g/mol. The zero-order valence-corrected chi connectivity index (χ0v) is 14.3. The Kier molecular flexibility index (Phi) is 4.58. The summed E-state index contributed by atoms with van der Waals surface area (Å²) < 4.78 is 5.91. The fourth-order valence-corrected chi connectivity index (χ4v) is 3.12. The summed E-state index contributed by atoms with van der Waals surface area (Å²) in [5, 5.41) is 3.45. The van der Waals surface area contributed by atoms with E-state index in [1.165, 1.54) is 11.1 Å². The van der Waals surface area contributed by atoms with Crippen molar-refractivity contribution >= 4 is 5.91 Å². The molecule has 1 heterocycles. The summed E-state index contributed by atoms with van der Waals surface area (Å²) in [7, 11) is 0. The first kappa shape index (κ1) is 16.5. The Morgan fingerprint density at radius 3 is 2.83 bits per heavy atom. The van der Waals surface area contributed by atoms with Crippen molar-refractivity contribution in [1.29, 1.82) is 0 Å². The molecule has 126 valence electrons. The second kappa shape index (κ2) is 6.65. The molecule has 0 spiro atoms. The summed E-state index contributed by atoms with van der Waals surface area (Å²) in [5.41, 5.74) is 9.44. The molecule has 0 saturated carbocycles. The molecule has 0 saturated heterocycles. The highest BCUT2D eigenvalue weighted by atomic mass is 16.5. The maximum Gasteiger partial charge on any atom is 0.248 e. The maximum atomic E-state index is 11.2. The van der Waals surface area contributed by atoms with Crippen molar-refractivity contribution in [2.75, 3.05) is 6.54 Å². The van der Waals surface area contributed by atoms with Crippen molar-refractivity contribution in [3.63, 3.8) is 0 Å². The van der Waals surface area contributed by atoms with E-state index in [9.17, 15) is 4.79 Å².